The van der Waals surface area contributed by atoms with Crippen LogP contribution in [0.25, 0.3) is 0 Å². The van der Waals surface area contributed by atoms with Crippen molar-refractivity contribution in [2.45, 2.75) is 11.4 Å². The van der Waals surface area contributed by atoms with Crippen molar-refractivity contribution >= 4 is 15.9 Å². The first-order valence-corrected chi connectivity index (χ1v) is 9.96. The quantitative estimate of drug-likeness (QED) is 0.520. The van der Waals surface area contributed by atoms with Crippen LogP contribution in [0.2, 0.25) is 0 Å². The summed E-state index contributed by atoms with van der Waals surface area (Å²) < 4.78 is 31.6. The number of methoxy groups -OCH3 is 1. The maximum atomic E-state index is 12.9. The van der Waals surface area contributed by atoms with E-state index in [-0.39, 0.29) is 17.3 Å². The van der Waals surface area contributed by atoms with Crippen molar-refractivity contribution in [3.8, 4) is 18.1 Å². The molecule has 2 aromatic carbocycles. The monoisotopic (exact) mass is 398 g/mol. The minimum absolute atomic E-state index is 0.0460. The van der Waals surface area contributed by atoms with Gasteiger partial charge in [-0.05, 0) is 42.0 Å². The van der Waals surface area contributed by atoms with Crippen LogP contribution in [0.15, 0.2) is 66.1 Å². The topological polar surface area (TPSA) is 75.7 Å². The van der Waals surface area contributed by atoms with Crippen molar-refractivity contribution in [2.24, 2.45) is 0 Å². The summed E-state index contributed by atoms with van der Waals surface area (Å²) in [5.41, 5.74) is 1.32. The van der Waals surface area contributed by atoms with Crippen molar-refractivity contribution in [3.63, 3.8) is 0 Å². The molecule has 0 aliphatic rings. The van der Waals surface area contributed by atoms with Gasteiger partial charge >= 0.3 is 0 Å². The number of rotatable bonds is 9. The maximum absolute atomic E-state index is 12.9. The van der Waals surface area contributed by atoms with Crippen LogP contribution in [0.1, 0.15) is 15.9 Å². The van der Waals surface area contributed by atoms with Crippen LogP contribution in [-0.2, 0) is 16.6 Å². The van der Waals surface area contributed by atoms with Crippen LogP contribution in [0.3, 0.4) is 0 Å². The smallest absolute Gasteiger partial charge is 0.254 e. The van der Waals surface area contributed by atoms with Crippen LogP contribution < -0.4 is 9.46 Å². The summed E-state index contributed by atoms with van der Waals surface area (Å²) in [5.74, 6) is 2.73. The van der Waals surface area contributed by atoms with Crippen molar-refractivity contribution in [1.82, 2.24) is 9.62 Å². The number of benzene rings is 2. The Hall–Kier alpha value is -3.08. The zero-order valence-corrected chi connectivity index (χ0v) is 16.4. The first-order chi connectivity index (χ1) is 13.4. The zero-order valence-electron chi connectivity index (χ0n) is 15.6. The normalized spacial score (nSPS) is 10.7. The third kappa shape index (κ3) is 5.46. The summed E-state index contributed by atoms with van der Waals surface area (Å²) in [4.78, 5) is 14.5. The largest absolute Gasteiger partial charge is 0.497 e. The second kappa shape index (κ2) is 9.74. The molecule has 28 heavy (non-hydrogen) atoms. The van der Waals surface area contributed by atoms with Crippen LogP contribution >= 0.6 is 0 Å². The number of hydrogen-bond donors (Lipinski definition) is 1. The molecule has 0 aliphatic heterocycles. The van der Waals surface area contributed by atoms with E-state index >= 15 is 0 Å². The van der Waals surface area contributed by atoms with Gasteiger partial charge in [-0.25, -0.2) is 8.42 Å². The highest BCUT2D eigenvalue weighted by Gasteiger charge is 2.18. The molecule has 0 unspecified atom stereocenters. The van der Waals surface area contributed by atoms with Gasteiger partial charge in [-0.15, -0.1) is 13.0 Å². The number of hydrogen-bond acceptors (Lipinski definition) is 4. The Bertz CT molecular complexity index is 959. The second-order valence-electron chi connectivity index (χ2n) is 5.88. The molecule has 0 saturated heterocycles. The lowest BCUT2D eigenvalue weighted by Gasteiger charge is -2.21. The summed E-state index contributed by atoms with van der Waals surface area (Å²) in [6, 6.07) is 13.2. The first-order valence-electron chi connectivity index (χ1n) is 8.47. The van der Waals surface area contributed by atoms with Crippen molar-refractivity contribution < 1.29 is 17.9 Å². The molecule has 2 aromatic rings. The van der Waals surface area contributed by atoms with Gasteiger partial charge in [0.1, 0.15) is 5.75 Å². The van der Waals surface area contributed by atoms with E-state index < -0.39 is 10.0 Å². The summed E-state index contributed by atoms with van der Waals surface area (Å²) in [7, 11) is -2.10. The standard InChI is InChI=1S/C21H22N2O4S/c1-4-14-22-28(25,26)20-12-8-18(9-13-20)21(24)23(15-5-2)16-17-6-10-19(27-3)11-7-17/h1,5-13,22H,2,14-16H2,3H3. The number of carbonyl (C=O) groups excluding carboxylic acids is 1. The average Bonchev–Trinajstić information content (AvgIpc) is 2.72. The van der Waals surface area contributed by atoms with Gasteiger partial charge in [-0.1, -0.05) is 24.1 Å². The lowest BCUT2D eigenvalue weighted by Crippen LogP contribution is -2.30. The SMILES string of the molecule is C#CCNS(=O)(=O)c1ccc(C(=O)N(CC=C)Cc2ccc(OC)cc2)cc1. The van der Waals surface area contributed by atoms with Crippen molar-refractivity contribution in [1.29, 1.82) is 0 Å². The highest BCUT2D eigenvalue weighted by molar-refractivity contribution is 7.89. The molecule has 0 saturated carbocycles. The van der Waals surface area contributed by atoms with E-state index in [2.05, 4.69) is 17.2 Å². The fraction of sp³-hybridized carbons (Fsp3) is 0.190. The van der Waals surface area contributed by atoms with Crippen LogP contribution in [-0.4, -0.2) is 39.4 Å². The minimum atomic E-state index is -3.70. The lowest BCUT2D eigenvalue weighted by molar-refractivity contribution is 0.0762. The third-order valence-corrected chi connectivity index (χ3v) is 5.36. The third-order valence-electron chi connectivity index (χ3n) is 3.95. The first kappa shape index (κ1) is 21.2. The molecule has 6 nitrogen and oxygen atoms in total. The zero-order chi connectivity index (χ0) is 20.6. The minimum Gasteiger partial charge on any atom is -0.497 e. The molecule has 1 amide bonds. The Kier molecular flexibility index (Phi) is 7.38. The molecule has 146 valence electrons. The Morgan fingerprint density at radius 1 is 1.21 bits per heavy atom. The van der Waals surface area contributed by atoms with Gasteiger partial charge in [-0.2, -0.15) is 4.72 Å². The number of amides is 1. The van der Waals surface area contributed by atoms with Crippen LogP contribution in [0, 0.1) is 12.3 Å². The van der Waals surface area contributed by atoms with Gasteiger partial charge in [0.2, 0.25) is 10.0 Å². The highest BCUT2D eigenvalue weighted by Crippen LogP contribution is 2.16. The maximum Gasteiger partial charge on any atom is 0.254 e. The Labute approximate surface area is 165 Å². The second-order valence-corrected chi connectivity index (χ2v) is 7.64. The van der Waals surface area contributed by atoms with E-state index in [0.29, 0.717) is 18.7 Å². The molecule has 0 heterocycles. The number of nitrogens with zero attached hydrogens (tertiary/aromatic N) is 1. The average molecular weight is 398 g/mol. The van der Waals surface area contributed by atoms with E-state index in [9.17, 15) is 13.2 Å². The van der Waals surface area contributed by atoms with E-state index in [1.807, 2.05) is 24.3 Å². The van der Waals surface area contributed by atoms with E-state index in [4.69, 9.17) is 11.2 Å². The molecule has 0 radical (unpaired) electrons. The molecule has 0 aromatic heterocycles. The molecule has 7 heteroatoms. The lowest BCUT2D eigenvalue weighted by atomic mass is 10.1. The fourth-order valence-electron chi connectivity index (χ4n) is 2.51. The number of sulfonamides is 1. The molecule has 0 bridgehead atoms. The Morgan fingerprint density at radius 2 is 1.86 bits per heavy atom. The Balaban J connectivity index is 2.18. The fourth-order valence-corrected chi connectivity index (χ4v) is 3.44. The summed E-state index contributed by atoms with van der Waals surface area (Å²) in [6.45, 7) is 4.35. The number of carbonyl (C=O) groups is 1. The van der Waals surface area contributed by atoms with Gasteiger partial charge in [0.25, 0.3) is 5.91 Å². The van der Waals surface area contributed by atoms with Crippen LogP contribution in [0.4, 0.5) is 0 Å². The molecule has 1 N–H and O–H groups in total. The van der Waals surface area contributed by atoms with Crippen LogP contribution in [0.5, 0.6) is 5.75 Å². The van der Waals surface area contributed by atoms with Gasteiger partial charge < -0.3 is 9.64 Å². The van der Waals surface area contributed by atoms with Crippen molar-refractivity contribution in [3.05, 3.63) is 72.3 Å². The molecular weight excluding hydrogens is 376 g/mol. The number of nitrogens with one attached hydrogen (secondary N) is 1. The molecule has 2 rings (SSSR count). The van der Waals surface area contributed by atoms with Gasteiger partial charge in [0, 0.05) is 18.7 Å². The molecular formula is C21H22N2O4S. The summed E-state index contributed by atoms with van der Waals surface area (Å²) >= 11 is 0. The number of ether oxygens (including phenoxy) is 1. The highest BCUT2D eigenvalue weighted by atomic mass is 32.2. The van der Waals surface area contributed by atoms with Crippen molar-refractivity contribution in [2.75, 3.05) is 20.2 Å². The molecule has 0 atom stereocenters. The van der Waals surface area contributed by atoms with E-state index in [1.54, 1.807) is 18.1 Å². The Morgan fingerprint density at radius 3 is 2.39 bits per heavy atom. The molecule has 0 fully saturated rings. The predicted molar refractivity (Wildman–Crippen MR) is 108 cm³/mol. The predicted octanol–water partition coefficient (Wildman–Crippen LogP) is 2.44. The van der Waals surface area contributed by atoms with E-state index in [1.165, 1.54) is 24.3 Å². The summed E-state index contributed by atoms with van der Waals surface area (Å²) in [6.07, 6.45) is 6.72. The van der Waals surface area contributed by atoms with Gasteiger partial charge in [-0.3, -0.25) is 4.79 Å². The number of terminal acetylenes is 1. The summed E-state index contributed by atoms with van der Waals surface area (Å²) in [5, 5.41) is 0. The molecule has 0 aliphatic carbocycles. The molecule has 0 spiro atoms. The van der Waals surface area contributed by atoms with E-state index in [0.717, 1.165) is 11.3 Å². The van der Waals surface area contributed by atoms with Gasteiger partial charge in [0.05, 0.1) is 18.6 Å². The van der Waals surface area contributed by atoms with Gasteiger partial charge in [0.15, 0.2) is 0 Å².